The van der Waals surface area contributed by atoms with Crippen LogP contribution in [0.1, 0.15) is 6.42 Å². The van der Waals surface area contributed by atoms with E-state index in [2.05, 4.69) is 23.9 Å². The number of hydrogen-bond acceptors (Lipinski definition) is 2. The van der Waals surface area contributed by atoms with Crippen molar-refractivity contribution in [2.75, 3.05) is 32.6 Å². The molecule has 0 aliphatic carbocycles. The van der Waals surface area contributed by atoms with Crippen LogP contribution < -0.4 is 0 Å². The highest BCUT2D eigenvalue weighted by Gasteiger charge is 2.13. The molecule has 12 heavy (non-hydrogen) atoms. The first-order chi connectivity index (χ1) is 5.72. The van der Waals surface area contributed by atoms with Crippen LogP contribution in [-0.4, -0.2) is 49.0 Å². The summed E-state index contributed by atoms with van der Waals surface area (Å²) >= 11 is 0. The van der Waals surface area contributed by atoms with E-state index in [1.54, 1.807) is 0 Å². The maximum atomic E-state index is 8.86. The van der Waals surface area contributed by atoms with Gasteiger partial charge in [0.25, 0.3) is 0 Å². The Morgan fingerprint density at radius 2 is 2.50 bits per heavy atom. The molecule has 0 spiro atoms. The lowest BCUT2D eigenvalue weighted by Crippen LogP contribution is -2.28. The van der Waals surface area contributed by atoms with Gasteiger partial charge in [0, 0.05) is 13.1 Å². The van der Waals surface area contributed by atoms with E-state index in [4.69, 9.17) is 5.11 Å². The summed E-state index contributed by atoms with van der Waals surface area (Å²) in [4.78, 5) is 2.40. The Kier molecular flexibility index (Phi) is 3.93. The normalized spacial score (nSPS) is 20.5. The fourth-order valence-corrected chi connectivity index (χ4v) is 2.31. The van der Waals surface area contributed by atoms with Gasteiger partial charge in [-0.1, -0.05) is 6.08 Å². The Hall–Kier alpha value is -0.170. The fraction of sp³-hybridized carbons (Fsp3) is 0.667. The molecular weight excluding hydrogens is 169 g/mol. The molecule has 0 saturated carbocycles. The first-order valence-electron chi connectivity index (χ1n) is 4.25. The summed E-state index contributed by atoms with van der Waals surface area (Å²) in [6.45, 7) is 4.52. The van der Waals surface area contributed by atoms with E-state index in [1.807, 2.05) is 0 Å². The summed E-state index contributed by atoms with van der Waals surface area (Å²) < 4.78 is 0. The third kappa shape index (κ3) is 3.06. The summed E-state index contributed by atoms with van der Waals surface area (Å²) in [6.07, 6.45) is 8.32. The molecule has 1 N–H and O–H groups in total. The van der Waals surface area contributed by atoms with Crippen LogP contribution in [-0.2, 0) is 0 Å². The SMILES string of the molecule is C=[P+](C)CN1CC=C(CO)CC1. The second kappa shape index (κ2) is 4.76. The van der Waals surface area contributed by atoms with Crippen LogP contribution in [0, 0.1) is 0 Å². The summed E-state index contributed by atoms with van der Waals surface area (Å²) in [5, 5.41) is 8.86. The topological polar surface area (TPSA) is 23.5 Å². The molecule has 1 heterocycles. The van der Waals surface area contributed by atoms with Gasteiger partial charge in [-0.3, -0.25) is 4.90 Å². The molecule has 0 radical (unpaired) electrons. The number of nitrogens with zero attached hydrogens (tertiary/aromatic N) is 1. The van der Waals surface area contributed by atoms with Crippen LogP contribution in [0.4, 0.5) is 0 Å². The van der Waals surface area contributed by atoms with Crippen LogP contribution in [0.3, 0.4) is 0 Å². The molecule has 1 aliphatic heterocycles. The number of hydrogen-bond donors (Lipinski definition) is 1. The summed E-state index contributed by atoms with van der Waals surface area (Å²) in [6, 6.07) is 0. The van der Waals surface area contributed by atoms with E-state index in [-0.39, 0.29) is 14.2 Å². The minimum absolute atomic E-state index is 0.0577. The quantitative estimate of drug-likeness (QED) is 0.527. The Morgan fingerprint density at radius 1 is 1.75 bits per heavy atom. The van der Waals surface area contributed by atoms with E-state index in [1.165, 1.54) is 5.57 Å². The maximum Gasteiger partial charge on any atom is 0.159 e. The molecule has 0 fully saturated rings. The molecular formula is C9H17NOP+. The highest BCUT2D eigenvalue weighted by atomic mass is 31.1. The monoisotopic (exact) mass is 186 g/mol. The Labute approximate surface area is 75.3 Å². The Morgan fingerprint density at radius 3 is 2.92 bits per heavy atom. The molecule has 0 saturated heterocycles. The molecule has 3 heteroatoms. The average Bonchev–Trinajstić information content (AvgIpc) is 2.05. The van der Waals surface area contributed by atoms with Crippen molar-refractivity contribution in [3.8, 4) is 0 Å². The lowest BCUT2D eigenvalue weighted by atomic mass is 10.1. The van der Waals surface area contributed by atoms with Crippen molar-refractivity contribution < 1.29 is 5.11 Å². The van der Waals surface area contributed by atoms with Crippen LogP contribution in [0.2, 0.25) is 0 Å². The van der Waals surface area contributed by atoms with E-state index in [0.29, 0.717) is 0 Å². The lowest BCUT2D eigenvalue weighted by Gasteiger charge is -2.22. The van der Waals surface area contributed by atoms with Gasteiger partial charge in [-0.15, -0.1) is 0 Å². The van der Waals surface area contributed by atoms with Gasteiger partial charge in [0.15, 0.2) is 6.29 Å². The summed E-state index contributed by atoms with van der Waals surface area (Å²) in [5.74, 6) is 0. The first-order valence-corrected chi connectivity index (χ1v) is 6.41. The third-order valence-corrected chi connectivity index (χ3v) is 2.91. The minimum Gasteiger partial charge on any atom is -0.392 e. The molecule has 0 aromatic heterocycles. The first kappa shape index (κ1) is 9.91. The summed E-state index contributed by atoms with van der Waals surface area (Å²) in [7, 11) is -0.0577. The van der Waals surface area contributed by atoms with Crippen molar-refractivity contribution in [1.29, 1.82) is 0 Å². The zero-order valence-electron chi connectivity index (χ0n) is 7.66. The molecule has 0 bridgehead atoms. The molecule has 1 rings (SSSR count). The molecule has 0 aromatic rings. The maximum absolute atomic E-state index is 8.86. The standard InChI is InChI=1S/C9H17NOP/c1-12(2)8-10-5-3-9(7-11)4-6-10/h3,11H,1,4-8H2,2H3/q+1. The number of aliphatic hydroxyl groups excluding tert-OH is 1. The zero-order valence-corrected chi connectivity index (χ0v) is 8.56. The Bertz CT molecular complexity index is 201. The molecule has 1 aliphatic rings. The molecule has 1 unspecified atom stereocenters. The van der Waals surface area contributed by atoms with Gasteiger partial charge in [-0.2, -0.15) is 0 Å². The van der Waals surface area contributed by atoms with Crippen molar-refractivity contribution in [3.63, 3.8) is 0 Å². The van der Waals surface area contributed by atoms with Crippen LogP contribution in [0.25, 0.3) is 0 Å². The fourth-order valence-electron chi connectivity index (χ4n) is 1.37. The highest BCUT2D eigenvalue weighted by molar-refractivity contribution is 7.54. The van der Waals surface area contributed by atoms with Gasteiger partial charge in [-0.25, -0.2) is 0 Å². The molecule has 0 aromatic carbocycles. The van der Waals surface area contributed by atoms with Crippen molar-refractivity contribution in [2.24, 2.45) is 0 Å². The van der Waals surface area contributed by atoms with Crippen LogP contribution in [0.15, 0.2) is 11.6 Å². The summed E-state index contributed by atoms with van der Waals surface area (Å²) in [5.41, 5.74) is 1.19. The highest BCUT2D eigenvalue weighted by Crippen LogP contribution is 2.18. The predicted molar refractivity (Wildman–Crippen MR) is 56.2 cm³/mol. The van der Waals surface area contributed by atoms with Crippen LogP contribution >= 0.6 is 7.55 Å². The van der Waals surface area contributed by atoms with E-state index < -0.39 is 0 Å². The van der Waals surface area contributed by atoms with E-state index >= 15 is 0 Å². The smallest absolute Gasteiger partial charge is 0.159 e. The second-order valence-electron chi connectivity index (χ2n) is 3.34. The van der Waals surface area contributed by atoms with E-state index in [9.17, 15) is 0 Å². The number of rotatable bonds is 3. The van der Waals surface area contributed by atoms with Crippen LogP contribution in [0.5, 0.6) is 0 Å². The Balaban J connectivity index is 2.35. The lowest BCUT2D eigenvalue weighted by molar-refractivity contribution is 0.295. The van der Waals surface area contributed by atoms with Gasteiger partial charge < -0.3 is 5.11 Å². The largest absolute Gasteiger partial charge is 0.392 e. The molecule has 0 amide bonds. The van der Waals surface area contributed by atoms with E-state index in [0.717, 1.165) is 25.8 Å². The molecule has 68 valence electrons. The van der Waals surface area contributed by atoms with Crippen molar-refractivity contribution in [2.45, 2.75) is 6.42 Å². The molecule has 2 nitrogen and oxygen atoms in total. The zero-order chi connectivity index (χ0) is 8.97. The van der Waals surface area contributed by atoms with Crippen molar-refractivity contribution in [3.05, 3.63) is 11.6 Å². The molecule has 1 atom stereocenters. The van der Waals surface area contributed by atoms with Gasteiger partial charge >= 0.3 is 0 Å². The third-order valence-electron chi connectivity index (χ3n) is 2.03. The minimum atomic E-state index is -0.0577. The van der Waals surface area contributed by atoms with Gasteiger partial charge in [-0.05, 0) is 12.0 Å². The van der Waals surface area contributed by atoms with Gasteiger partial charge in [0.2, 0.25) is 0 Å². The second-order valence-corrected chi connectivity index (χ2v) is 5.34. The van der Waals surface area contributed by atoms with Gasteiger partial charge in [0.05, 0.1) is 27.1 Å². The predicted octanol–water partition coefficient (Wildman–Crippen LogP) is 1.11. The van der Waals surface area contributed by atoms with Crippen molar-refractivity contribution >= 4 is 13.8 Å². The van der Waals surface area contributed by atoms with Crippen molar-refractivity contribution in [1.82, 2.24) is 4.90 Å². The number of aliphatic hydroxyl groups is 1. The average molecular weight is 186 g/mol. The van der Waals surface area contributed by atoms with Gasteiger partial charge in [0.1, 0.15) is 0 Å².